The summed E-state index contributed by atoms with van der Waals surface area (Å²) >= 11 is 3.70. The quantitative estimate of drug-likeness (QED) is 0.206. The summed E-state index contributed by atoms with van der Waals surface area (Å²) in [7, 11) is 0. The molecule has 0 saturated carbocycles. The zero-order chi connectivity index (χ0) is 27.8. The molecule has 3 nitrogen and oxygen atoms in total. The first-order chi connectivity index (χ1) is 20.2. The molecule has 0 spiro atoms. The van der Waals surface area contributed by atoms with Crippen molar-refractivity contribution in [2.75, 3.05) is 0 Å². The van der Waals surface area contributed by atoms with Gasteiger partial charge >= 0.3 is 0 Å². The molecule has 0 radical (unpaired) electrons. The third-order valence-electron chi connectivity index (χ3n) is 7.42. The van der Waals surface area contributed by atoms with Crippen molar-refractivity contribution in [2.45, 2.75) is 0 Å². The standard InChI is InChI=1S/C37H22BrN3/c38-34-20-19-32(30-8-4-5-9-31(30)34)37-40-35-21-18-29(27-12-10-24(23-39)11-13-27)22-33(35)36(41-37)28-16-14-26(15-17-28)25-6-2-1-3-7-25/h1-22H. The van der Waals surface area contributed by atoms with Gasteiger partial charge in [0.2, 0.25) is 0 Å². The van der Waals surface area contributed by atoms with Crippen LogP contribution >= 0.6 is 15.9 Å². The monoisotopic (exact) mass is 587 g/mol. The lowest BCUT2D eigenvalue weighted by molar-refractivity contribution is 1.23. The van der Waals surface area contributed by atoms with Crippen LogP contribution in [0.25, 0.3) is 66.6 Å². The number of rotatable bonds is 4. The van der Waals surface area contributed by atoms with Crippen molar-refractivity contribution in [3.8, 4) is 51.0 Å². The fourth-order valence-corrected chi connectivity index (χ4v) is 5.77. The Balaban J connectivity index is 1.44. The van der Waals surface area contributed by atoms with Gasteiger partial charge < -0.3 is 0 Å². The zero-order valence-electron chi connectivity index (χ0n) is 21.9. The molecule has 4 heteroatoms. The molecule has 1 heterocycles. The molecule has 0 aliphatic heterocycles. The second-order valence-electron chi connectivity index (χ2n) is 9.90. The third kappa shape index (κ3) is 4.67. The van der Waals surface area contributed by atoms with Crippen LogP contribution in [-0.4, -0.2) is 9.97 Å². The molecule has 0 bridgehead atoms. The van der Waals surface area contributed by atoms with Crippen LogP contribution in [0.1, 0.15) is 5.56 Å². The number of hydrogen-bond acceptors (Lipinski definition) is 3. The average Bonchev–Trinajstić information content (AvgIpc) is 3.05. The fraction of sp³-hybridized carbons (Fsp3) is 0. The smallest absolute Gasteiger partial charge is 0.161 e. The maximum atomic E-state index is 9.23. The molecule has 0 fully saturated rings. The summed E-state index contributed by atoms with van der Waals surface area (Å²) in [6, 6.07) is 47.6. The summed E-state index contributed by atoms with van der Waals surface area (Å²) in [5.41, 5.74) is 8.84. The molecule has 0 aliphatic rings. The van der Waals surface area contributed by atoms with E-state index < -0.39 is 0 Å². The molecule has 192 valence electrons. The molecule has 0 atom stereocenters. The Bertz CT molecular complexity index is 2090. The van der Waals surface area contributed by atoms with E-state index in [4.69, 9.17) is 9.97 Å². The van der Waals surface area contributed by atoms with Crippen molar-refractivity contribution in [2.24, 2.45) is 0 Å². The van der Waals surface area contributed by atoms with Crippen LogP contribution in [0.3, 0.4) is 0 Å². The number of benzene rings is 6. The van der Waals surface area contributed by atoms with Crippen LogP contribution in [0, 0.1) is 11.3 Å². The van der Waals surface area contributed by atoms with E-state index in [-0.39, 0.29) is 0 Å². The van der Waals surface area contributed by atoms with Gasteiger partial charge in [-0.05, 0) is 69.4 Å². The Kier molecular flexibility index (Phi) is 6.35. The topological polar surface area (TPSA) is 49.6 Å². The minimum absolute atomic E-state index is 0.642. The molecule has 6 aromatic carbocycles. The van der Waals surface area contributed by atoms with Gasteiger partial charge in [0, 0.05) is 21.0 Å². The number of nitrogens with zero attached hydrogens (tertiary/aromatic N) is 3. The SMILES string of the molecule is N#Cc1ccc(-c2ccc3nc(-c4ccc(Br)c5ccccc45)nc(-c4ccc(-c5ccccc5)cc4)c3c2)cc1. The van der Waals surface area contributed by atoms with Crippen molar-refractivity contribution in [3.05, 3.63) is 143 Å². The van der Waals surface area contributed by atoms with E-state index in [0.717, 1.165) is 59.7 Å². The lowest BCUT2D eigenvalue weighted by Gasteiger charge is -2.13. The molecule has 7 rings (SSSR count). The van der Waals surface area contributed by atoms with Crippen LogP contribution < -0.4 is 0 Å². The summed E-state index contributed by atoms with van der Waals surface area (Å²) in [5, 5.41) is 12.4. The second-order valence-corrected chi connectivity index (χ2v) is 10.8. The predicted octanol–water partition coefficient (Wildman–Crippen LogP) is 10.1. The van der Waals surface area contributed by atoms with Crippen molar-refractivity contribution in [1.29, 1.82) is 5.26 Å². The number of aromatic nitrogens is 2. The number of fused-ring (bicyclic) bond motifs is 2. The lowest BCUT2D eigenvalue weighted by atomic mass is 9.97. The first kappa shape index (κ1) is 24.9. The van der Waals surface area contributed by atoms with Crippen LogP contribution in [0.5, 0.6) is 0 Å². The molecule has 41 heavy (non-hydrogen) atoms. The first-order valence-electron chi connectivity index (χ1n) is 13.3. The van der Waals surface area contributed by atoms with Gasteiger partial charge in [0.15, 0.2) is 5.82 Å². The Morgan fingerprint density at radius 2 is 1.12 bits per heavy atom. The highest BCUT2D eigenvalue weighted by molar-refractivity contribution is 9.10. The van der Waals surface area contributed by atoms with Gasteiger partial charge in [-0.3, -0.25) is 0 Å². The average molecular weight is 589 g/mol. The van der Waals surface area contributed by atoms with E-state index in [1.54, 1.807) is 0 Å². The maximum Gasteiger partial charge on any atom is 0.161 e. The number of hydrogen-bond donors (Lipinski definition) is 0. The van der Waals surface area contributed by atoms with Crippen LogP contribution in [0.15, 0.2) is 138 Å². The molecule has 0 N–H and O–H groups in total. The van der Waals surface area contributed by atoms with E-state index in [0.29, 0.717) is 11.4 Å². The molecule has 0 aliphatic carbocycles. The highest BCUT2D eigenvalue weighted by atomic mass is 79.9. The molecule has 0 unspecified atom stereocenters. The maximum absolute atomic E-state index is 9.23. The van der Waals surface area contributed by atoms with Gasteiger partial charge in [-0.1, -0.05) is 113 Å². The van der Waals surface area contributed by atoms with Crippen LogP contribution in [-0.2, 0) is 0 Å². The van der Waals surface area contributed by atoms with Gasteiger partial charge in [0.05, 0.1) is 22.8 Å². The van der Waals surface area contributed by atoms with Crippen LogP contribution in [0.2, 0.25) is 0 Å². The van der Waals surface area contributed by atoms with Crippen LogP contribution in [0.4, 0.5) is 0 Å². The van der Waals surface area contributed by atoms with Gasteiger partial charge in [-0.2, -0.15) is 5.26 Å². The molecule has 1 aromatic heterocycles. The zero-order valence-corrected chi connectivity index (χ0v) is 23.5. The van der Waals surface area contributed by atoms with Gasteiger partial charge in [-0.15, -0.1) is 0 Å². The number of halogens is 1. The van der Waals surface area contributed by atoms with E-state index in [1.807, 2.05) is 42.5 Å². The van der Waals surface area contributed by atoms with E-state index in [2.05, 4.69) is 113 Å². The molecule has 0 saturated heterocycles. The Hall–Kier alpha value is -5.11. The summed E-state index contributed by atoms with van der Waals surface area (Å²) in [4.78, 5) is 10.3. The molecule has 0 amide bonds. The predicted molar refractivity (Wildman–Crippen MR) is 171 cm³/mol. The first-order valence-corrected chi connectivity index (χ1v) is 14.1. The van der Waals surface area contributed by atoms with E-state index in [9.17, 15) is 5.26 Å². The Morgan fingerprint density at radius 1 is 0.512 bits per heavy atom. The Labute approximate surface area is 246 Å². The second kappa shape index (κ2) is 10.5. The molecular formula is C37H22BrN3. The minimum Gasteiger partial charge on any atom is -0.228 e. The summed E-state index contributed by atoms with van der Waals surface area (Å²) in [6.45, 7) is 0. The highest BCUT2D eigenvalue weighted by Gasteiger charge is 2.15. The summed E-state index contributed by atoms with van der Waals surface area (Å²) < 4.78 is 1.04. The summed E-state index contributed by atoms with van der Waals surface area (Å²) in [5.74, 6) is 0.689. The fourth-order valence-electron chi connectivity index (χ4n) is 5.29. The van der Waals surface area contributed by atoms with Crippen molar-refractivity contribution >= 4 is 37.6 Å². The van der Waals surface area contributed by atoms with Gasteiger partial charge in [0.1, 0.15) is 0 Å². The van der Waals surface area contributed by atoms with Gasteiger partial charge in [-0.25, -0.2) is 9.97 Å². The highest BCUT2D eigenvalue weighted by Crippen LogP contribution is 2.36. The third-order valence-corrected chi connectivity index (χ3v) is 8.11. The normalized spacial score (nSPS) is 11.0. The van der Waals surface area contributed by atoms with E-state index in [1.165, 1.54) is 5.56 Å². The summed E-state index contributed by atoms with van der Waals surface area (Å²) in [6.07, 6.45) is 0. The number of nitriles is 1. The van der Waals surface area contributed by atoms with Gasteiger partial charge in [0.25, 0.3) is 0 Å². The minimum atomic E-state index is 0.642. The molecular weight excluding hydrogens is 566 g/mol. The van der Waals surface area contributed by atoms with Crippen molar-refractivity contribution in [3.63, 3.8) is 0 Å². The molecule has 7 aromatic rings. The largest absolute Gasteiger partial charge is 0.228 e. The van der Waals surface area contributed by atoms with Crippen molar-refractivity contribution in [1.82, 2.24) is 9.97 Å². The lowest BCUT2D eigenvalue weighted by Crippen LogP contribution is -1.96. The van der Waals surface area contributed by atoms with E-state index >= 15 is 0 Å². The Morgan fingerprint density at radius 3 is 1.88 bits per heavy atom. The van der Waals surface area contributed by atoms with Crippen molar-refractivity contribution < 1.29 is 0 Å².